The van der Waals surface area contributed by atoms with Gasteiger partial charge < -0.3 is 5.32 Å². The summed E-state index contributed by atoms with van der Waals surface area (Å²) >= 11 is 1.58. The summed E-state index contributed by atoms with van der Waals surface area (Å²) in [5, 5.41) is 10.2. The van der Waals surface area contributed by atoms with Crippen molar-refractivity contribution in [3.8, 4) is 0 Å². The maximum Gasteiger partial charge on any atom is 0.252 e. The molecule has 1 unspecified atom stereocenters. The number of carbonyl (C=O) groups is 1. The molecule has 2 N–H and O–H groups in total. The molecule has 20 heavy (non-hydrogen) atoms. The standard InChI is InChI=1S/C15H19N3OS/c1-9(14-10(2)17-18-11(14)3)16-15(19)12-7-5-6-8-13(12)20-4/h5-9H,1-4H3,(H,16,19)(H,17,18). The van der Waals surface area contributed by atoms with E-state index < -0.39 is 0 Å². The summed E-state index contributed by atoms with van der Waals surface area (Å²) in [6, 6.07) is 7.56. The Morgan fingerprint density at radius 3 is 2.65 bits per heavy atom. The molecule has 0 aliphatic carbocycles. The summed E-state index contributed by atoms with van der Waals surface area (Å²) < 4.78 is 0. The fourth-order valence-corrected chi connectivity index (χ4v) is 2.97. The van der Waals surface area contributed by atoms with E-state index in [-0.39, 0.29) is 11.9 Å². The molecule has 0 fully saturated rings. The Bertz CT molecular complexity index is 602. The number of carbonyl (C=O) groups excluding carboxylic acids is 1. The number of nitrogens with zero attached hydrogens (tertiary/aromatic N) is 1. The highest BCUT2D eigenvalue weighted by molar-refractivity contribution is 7.98. The molecule has 5 heteroatoms. The predicted octanol–water partition coefficient (Wildman–Crippen LogP) is 3.24. The van der Waals surface area contributed by atoms with Crippen LogP contribution in [0.1, 0.15) is 40.3 Å². The number of aromatic amines is 1. The molecule has 0 saturated heterocycles. The molecule has 106 valence electrons. The monoisotopic (exact) mass is 289 g/mol. The topological polar surface area (TPSA) is 57.8 Å². The van der Waals surface area contributed by atoms with Crippen LogP contribution in [0.4, 0.5) is 0 Å². The molecule has 0 saturated carbocycles. The summed E-state index contributed by atoms with van der Waals surface area (Å²) in [5.41, 5.74) is 3.69. The Morgan fingerprint density at radius 1 is 1.35 bits per heavy atom. The van der Waals surface area contributed by atoms with Crippen LogP contribution in [0.15, 0.2) is 29.2 Å². The van der Waals surface area contributed by atoms with Gasteiger partial charge in [-0.15, -0.1) is 11.8 Å². The van der Waals surface area contributed by atoms with E-state index >= 15 is 0 Å². The molecule has 1 heterocycles. The van der Waals surface area contributed by atoms with Gasteiger partial charge in [-0.2, -0.15) is 5.10 Å². The van der Waals surface area contributed by atoms with E-state index in [0.29, 0.717) is 5.56 Å². The third-order valence-electron chi connectivity index (χ3n) is 3.32. The molecule has 2 rings (SSSR count). The van der Waals surface area contributed by atoms with Crippen molar-refractivity contribution in [1.29, 1.82) is 0 Å². The summed E-state index contributed by atoms with van der Waals surface area (Å²) in [7, 11) is 0. The van der Waals surface area contributed by atoms with Crippen molar-refractivity contribution in [3.05, 3.63) is 46.8 Å². The Kier molecular flexibility index (Phi) is 4.49. The van der Waals surface area contributed by atoms with Crippen LogP contribution in [-0.2, 0) is 0 Å². The normalized spacial score (nSPS) is 12.2. The lowest BCUT2D eigenvalue weighted by Gasteiger charge is -2.15. The SMILES string of the molecule is CSc1ccccc1C(=O)NC(C)c1c(C)n[nH]c1C. The van der Waals surface area contributed by atoms with Gasteiger partial charge in [0, 0.05) is 16.2 Å². The van der Waals surface area contributed by atoms with Crippen LogP contribution in [0.25, 0.3) is 0 Å². The molecule has 1 amide bonds. The third kappa shape index (κ3) is 2.88. The van der Waals surface area contributed by atoms with Gasteiger partial charge in [-0.25, -0.2) is 0 Å². The molecule has 0 aliphatic rings. The van der Waals surface area contributed by atoms with Crippen molar-refractivity contribution in [2.45, 2.75) is 31.7 Å². The quantitative estimate of drug-likeness (QED) is 0.850. The Labute approximate surface area is 123 Å². The van der Waals surface area contributed by atoms with Crippen LogP contribution in [0.5, 0.6) is 0 Å². The van der Waals surface area contributed by atoms with Crippen LogP contribution in [0.2, 0.25) is 0 Å². The molecule has 1 aromatic heterocycles. The molecule has 4 nitrogen and oxygen atoms in total. The number of thioether (sulfide) groups is 1. The van der Waals surface area contributed by atoms with Gasteiger partial charge in [0.2, 0.25) is 0 Å². The van der Waals surface area contributed by atoms with E-state index in [1.807, 2.05) is 51.3 Å². The first kappa shape index (κ1) is 14.7. The minimum absolute atomic E-state index is 0.0533. The van der Waals surface area contributed by atoms with Crippen molar-refractivity contribution in [1.82, 2.24) is 15.5 Å². The van der Waals surface area contributed by atoms with Gasteiger partial charge in [0.05, 0.1) is 17.3 Å². The number of aromatic nitrogens is 2. The van der Waals surface area contributed by atoms with Crippen LogP contribution in [0.3, 0.4) is 0 Å². The van der Waals surface area contributed by atoms with Crippen molar-refractivity contribution in [3.63, 3.8) is 0 Å². The molecule has 0 spiro atoms. The van der Waals surface area contributed by atoms with Gasteiger partial charge in [0.25, 0.3) is 5.91 Å². The van der Waals surface area contributed by atoms with Crippen LogP contribution in [0, 0.1) is 13.8 Å². The number of nitrogens with one attached hydrogen (secondary N) is 2. The summed E-state index contributed by atoms with van der Waals surface area (Å²) in [4.78, 5) is 13.4. The smallest absolute Gasteiger partial charge is 0.252 e. The molecular weight excluding hydrogens is 270 g/mol. The largest absolute Gasteiger partial charge is 0.345 e. The van der Waals surface area contributed by atoms with Crippen molar-refractivity contribution in [2.24, 2.45) is 0 Å². The Morgan fingerprint density at radius 2 is 2.05 bits per heavy atom. The van der Waals surface area contributed by atoms with E-state index in [4.69, 9.17) is 0 Å². The van der Waals surface area contributed by atoms with Gasteiger partial charge in [-0.05, 0) is 39.2 Å². The van der Waals surface area contributed by atoms with Crippen molar-refractivity contribution >= 4 is 17.7 Å². The van der Waals surface area contributed by atoms with Crippen molar-refractivity contribution in [2.75, 3.05) is 6.26 Å². The van der Waals surface area contributed by atoms with Gasteiger partial charge in [0.1, 0.15) is 0 Å². The lowest BCUT2D eigenvalue weighted by molar-refractivity contribution is 0.0937. The number of benzene rings is 1. The lowest BCUT2D eigenvalue weighted by atomic mass is 10.1. The second kappa shape index (κ2) is 6.13. The second-order valence-electron chi connectivity index (χ2n) is 4.74. The number of amides is 1. The minimum Gasteiger partial charge on any atom is -0.345 e. The lowest BCUT2D eigenvalue weighted by Crippen LogP contribution is -2.27. The number of H-pyrrole nitrogens is 1. The minimum atomic E-state index is -0.0730. The highest BCUT2D eigenvalue weighted by atomic mass is 32.2. The van der Waals surface area contributed by atoms with E-state index in [9.17, 15) is 4.79 Å². The molecule has 0 aliphatic heterocycles. The van der Waals surface area contributed by atoms with E-state index in [1.54, 1.807) is 11.8 Å². The van der Waals surface area contributed by atoms with Crippen LogP contribution in [-0.4, -0.2) is 22.4 Å². The fourth-order valence-electron chi connectivity index (χ4n) is 2.38. The zero-order chi connectivity index (χ0) is 14.7. The first-order chi connectivity index (χ1) is 9.54. The van der Waals surface area contributed by atoms with Crippen LogP contribution < -0.4 is 5.32 Å². The molecule has 0 radical (unpaired) electrons. The molecule has 1 atom stereocenters. The van der Waals surface area contributed by atoms with Gasteiger partial charge in [0.15, 0.2) is 0 Å². The van der Waals surface area contributed by atoms with Gasteiger partial charge in [-0.1, -0.05) is 12.1 Å². The number of hydrogen-bond acceptors (Lipinski definition) is 3. The van der Waals surface area contributed by atoms with E-state index in [2.05, 4.69) is 15.5 Å². The highest BCUT2D eigenvalue weighted by Gasteiger charge is 2.18. The zero-order valence-electron chi connectivity index (χ0n) is 12.2. The zero-order valence-corrected chi connectivity index (χ0v) is 13.0. The first-order valence-corrected chi connectivity index (χ1v) is 7.72. The highest BCUT2D eigenvalue weighted by Crippen LogP contribution is 2.22. The maximum atomic E-state index is 12.4. The number of hydrogen-bond donors (Lipinski definition) is 2. The van der Waals surface area contributed by atoms with E-state index in [0.717, 1.165) is 21.8 Å². The average Bonchev–Trinajstić information content (AvgIpc) is 2.78. The Hall–Kier alpha value is -1.75. The summed E-state index contributed by atoms with van der Waals surface area (Å²) in [6.07, 6.45) is 1.97. The molecule has 2 aromatic rings. The van der Waals surface area contributed by atoms with Gasteiger partial charge in [-0.3, -0.25) is 9.89 Å². The van der Waals surface area contributed by atoms with E-state index in [1.165, 1.54) is 0 Å². The fraction of sp³-hybridized carbons (Fsp3) is 0.333. The number of rotatable bonds is 4. The molecule has 1 aromatic carbocycles. The average molecular weight is 289 g/mol. The molecular formula is C15H19N3OS. The van der Waals surface area contributed by atoms with Crippen molar-refractivity contribution < 1.29 is 4.79 Å². The number of aryl methyl sites for hydroxylation is 2. The third-order valence-corrected chi connectivity index (χ3v) is 4.11. The Balaban J connectivity index is 2.20. The first-order valence-electron chi connectivity index (χ1n) is 6.50. The predicted molar refractivity (Wildman–Crippen MR) is 82.2 cm³/mol. The van der Waals surface area contributed by atoms with Crippen LogP contribution >= 0.6 is 11.8 Å². The summed E-state index contributed by atoms with van der Waals surface area (Å²) in [5.74, 6) is -0.0533. The molecule has 0 bridgehead atoms. The van der Waals surface area contributed by atoms with Gasteiger partial charge >= 0.3 is 0 Å². The second-order valence-corrected chi connectivity index (χ2v) is 5.59. The maximum absolute atomic E-state index is 12.4. The summed E-state index contributed by atoms with van der Waals surface area (Å²) in [6.45, 7) is 5.88.